The number of rotatable bonds is 4. The summed E-state index contributed by atoms with van der Waals surface area (Å²) in [6.45, 7) is 1.95. The van der Waals surface area contributed by atoms with Crippen molar-refractivity contribution in [3.8, 4) is 0 Å². The molecule has 2 rings (SSSR count). The molecule has 1 aromatic carbocycles. The molecule has 0 saturated carbocycles. The molecule has 0 amide bonds. The van der Waals surface area contributed by atoms with Crippen LogP contribution in [-0.2, 0) is 12.8 Å². The van der Waals surface area contributed by atoms with Gasteiger partial charge in [0.2, 0.25) is 0 Å². The van der Waals surface area contributed by atoms with Crippen molar-refractivity contribution in [1.29, 1.82) is 0 Å². The Morgan fingerprint density at radius 2 is 2.00 bits per heavy atom. The molecule has 0 bridgehead atoms. The van der Waals surface area contributed by atoms with Crippen molar-refractivity contribution in [1.82, 2.24) is 9.97 Å². The highest BCUT2D eigenvalue weighted by Gasteiger charge is 1.98. The number of aryl methyl sites for hydroxylation is 3. The fourth-order valence-corrected chi connectivity index (χ4v) is 1.64. The summed E-state index contributed by atoms with van der Waals surface area (Å²) in [6.07, 6.45) is 4.64. The Morgan fingerprint density at radius 1 is 1.25 bits per heavy atom. The summed E-state index contributed by atoms with van der Waals surface area (Å²) in [5.41, 5.74) is 3.11. The van der Waals surface area contributed by atoms with Crippen molar-refractivity contribution in [3.05, 3.63) is 53.1 Å². The lowest BCUT2D eigenvalue weighted by atomic mass is 10.1. The predicted octanol–water partition coefficient (Wildman–Crippen LogP) is 2.32. The molecule has 1 aromatic heterocycles. The third kappa shape index (κ3) is 2.57. The van der Waals surface area contributed by atoms with Gasteiger partial charge in [0.25, 0.3) is 0 Å². The van der Waals surface area contributed by atoms with Crippen LogP contribution in [0.15, 0.2) is 30.5 Å². The standard InChI is InChI=1S/C13H14N2O/c1-10-14-8-13(15-10)7-6-11-2-4-12(9-16)5-3-11/h2-5,8-9H,6-7H2,1H3,(H,14,15). The van der Waals surface area contributed by atoms with E-state index in [-0.39, 0.29) is 0 Å². The van der Waals surface area contributed by atoms with Crippen LogP contribution in [-0.4, -0.2) is 16.3 Å². The molecule has 0 fully saturated rings. The summed E-state index contributed by atoms with van der Waals surface area (Å²) in [4.78, 5) is 17.8. The molecule has 82 valence electrons. The molecule has 0 spiro atoms. The summed E-state index contributed by atoms with van der Waals surface area (Å²) < 4.78 is 0. The minimum Gasteiger partial charge on any atom is -0.346 e. The van der Waals surface area contributed by atoms with E-state index < -0.39 is 0 Å². The Labute approximate surface area is 94.5 Å². The SMILES string of the molecule is Cc1ncc(CCc2ccc(C=O)cc2)[nH]1. The van der Waals surface area contributed by atoms with E-state index in [2.05, 4.69) is 9.97 Å². The monoisotopic (exact) mass is 214 g/mol. The van der Waals surface area contributed by atoms with Gasteiger partial charge in [-0.1, -0.05) is 24.3 Å². The van der Waals surface area contributed by atoms with Gasteiger partial charge in [-0.05, 0) is 25.3 Å². The van der Waals surface area contributed by atoms with Crippen LogP contribution in [0.3, 0.4) is 0 Å². The Kier molecular flexibility index (Phi) is 3.15. The molecule has 0 unspecified atom stereocenters. The van der Waals surface area contributed by atoms with Gasteiger partial charge in [-0.2, -0.15) is 0 Å². The lowest BCUT2D eigenvalue weighted by Crippen LogP contribution is -1.92. The topological polar surface area (TPSA) is 45.8 Å². The molecule has 0 saturated heterocycles. The van der Waals surface area contributed by atoms with Crippen LogP contribution < -0.4 is 0 Å². The first-order valence-corrected chi connectivity index (χ1v) is 5.32. The summed E-state index contributed by atoms with van der Waals surface area (Å²) in [6, 6.07) is 7.68. The third-order valence-corrected chi connectivity index (χ3v) is 2.55. The maximum absolute atomic E-state index is 10.5. The van der Waals surface area contributed by atoms with E-state index in [1.54, 1.807) is 0 Å². The molecule has 0 aliphatic heterocycles. The first-order valence-electron chi connectivity index (χ1n) is 5.32. The van der Waals surface area contributed by atoms with E-state index in [9.17, 15) is 4.79 Å². The molecule has 3 heteroatoms. The second kappa shape index (κ2) is 4.75. The Morgan fingerprint density at radius 3 is 2.56 bits per heavy atom. The van der Waals surface area contributed by atoms with Crippen molar-refractivity contribution >= 4 is 6.29 Å². The normalized spacial score (nSPS) is 10.3. The summed E-state index contributed by atoms with van der Waals surface area (Å²) in [5.74, 6) is 0.950. The number of benzene rings is 1. The molecular formula is C13H14N2O. The highest BCUT2D eigenvalue weighted by Crippen LogP contribution is 2.07. The fourth-order valence-electron chi connectivity index (χ4n) is 1.64. The number of hydrogen-bond acceptors (Lipinski definition) is 2. The zero-order chi connectivity index (χ0) is 11.4. The smallest absolute Gasteiger partial charge is 0.150 e. The van der Waals surface area contributed by atoms with Gasteiger partial charge in [0.15, 0.2) is 0 Å². The van der Waals surface area contributed by atoms with Crippen LogP contribution in [0.4, 0.5) is 0 Å². The van der Waals surface area contributed by atoms with Crippen molar-refractivity contribution in [2.45, 2.75) is 19.8 Å². The molecule has 0 aliphatic carbocycles. The number of H-pyrrole nitrogens is 1. The number of nitrogens with zero attached hydrogens (tertiary/aromatic N) is 1. The van der Waals surface area contributed by atoms with Crippen molar-refractivity contribution in [3.63, 3.8) is 0 Å². The second-order valence-electron chi connectivity index (χ2n) is 3.85. The molecule has 0 aliphatic rings. The Hall–Kier alpha value is -1.90. The number of aromatic amines is 1. The number of nitrogens with one attached hydrogen (secondary N) is 1. The van der Waals surface area contributed by atoms with E-state index in [0.717, 1.165) is 36.2 Å². The van der Waals surface area contributed by atoms with Crippen LogP contribution >= 0.6 is 0 Å². The van der Waals surface area contributed by atoms with Gasteiger partial charge in [-0.25, -0.2) is 4.98 Å². The van der Waals surface area contributed by atoms with Crippen molar-refractivity contribution in [2.75, 3.05) is 0 Å². The van der Waals surface area contributed by atoms with Crippen molar-refractivity contribution < 1.29 is 4.79 Å². The first kappa shape index (κ1) is 10.6. The van der Waals surface area contributed by atoms with E-state index in [1.807, 2.05) is 37.4 Å². The maximum atomic E-state index is 10.5. The lowest BCUT2D eigenvalue weighted by molar-refractivity contribution is 0.112. The predicted molar refractivity (Wildman–Crippen MR) is 62.6 cm³/mol. The highest BCUT2D eigenvalue weighted by molar-refractivity contribution is 5.74. The van der Waals surface area contributed by atoms with Gasteiger partial charge >= 0.3 is 0 Å². The van der Waals surface area contributed by atoms with E-state index in [1.165, 1.54) is 5.56 Å². The van der Waals surface area contributed by atoms with Gasteiger partial charge in [-0.15, -0.1) is 0 Å². The average Bonchev–Trinajstić information content (AvgIpc) is 2.73. The first-order chi connectivity index (χ1) is 7.78. The number of aldehydes is 1. The minimum absolute atomic E-state index is 0.723. The van der Waals surface area contributed by atoms with Gasteiger partial charge in [-0.3, -0.25) is 4.79 Å². The van der Waals surface area contributed by atoms with Gasteiger partial charge in [0.05, 0.1) is 0 Å². The zero-order valence-corrected chi connectivity index (χ0v) is 9.23. The Balaban J connectivity index is 1.96. The molecule has 2 aromatic rings. The highest BCUT2D eigenvalue weighted by atomic mass is 16.1. The van der Waals surface area contributed by atoms with Crippen LogP contribution in [0.25, 0.3) is 0 Å². The van der Waals surface area contributed by atoms with Crippen LogP contribution in [0.1, 0.15) is 27.4 Å². The fraction of sp³-hybridized carbons (Fsp3) is 0.231. The number of hydrogen-bond donors (Lipinski definition) is 1. The zero-order valence-electron chi connectivity index (χ0n) is 9.23. The van der Waals surface area contributed by atoms with E-state index in [0.29, 0.717) is 0 Å². The minimum atomic E-state index is 0.723. The van der Waals surface area contributed by atoms with Gasteiger partial charge < -0.3 is 4.98 Å². The summed E-state index contributed by atoms with van der Waals surface area (Å²) in [5, 5.41) is 0. The molecule has 0 atom stereocenters. The number of aromatic nitrogens is 2. The summed E-state index contributed by atoms with van der Waals surface area (Å²) >= 11 is 0. The van der Waals surface area contributed by atoms with E-state index >= 15 is 0 Å². The quantitative estimate of drug-likeness (QED) is 0.794. The number of imidazole rings is 1. The molecule has 1 heterocycles. The number of carbonyl (C=O) groups excluding carboxylic acids is 1. The van der Waals surface area contributed by atoms with Crippen LogP contribution in [0.5, 0.6) is 0 Å². The second-order valence-corrected chi connectivity index (χ2v) is 3.85. The van der Waals surface area contributed by atoms with E-state index in [4.69, 9.17) is 0 Å². The number of carbonyl (C=O) groups is 1. The maximum Gasteiger partial charge on any atom is 0.150 e. The average molecular weight is 214 g/mol. The largest absolute Gasteiger partial charge is 0.346 e. The van der Waals surface area contributed by atoms with Gasteiger partial charge in [0, 0.05) is 17.5 Å². The summed E-state index contributed by atoms with van der Waals surface area (Å²) in [7, 11) is 0. The lowest BCUT2D eigenvalue weighted by Gasteiger charge is -2.00. The Bertz CT molecular complexity index is 471. The van der Waals surface area contributed by atoms with Gasteiger partial charge in [0.1, 0.15) is 12.1 Å². The third-order valence-electron chi connectivity index (χ3n) is 2.55. The van der Waals surface area contributed by atoms with Crippen LogP contribution in [0.2, 0.25) is 0 Å². The molecule has 1 N–H and O–H groups in total. The molecule has 16 heavy (non-hydrogen) atoms. The molecule has 0 radical (unpaired) electrons. The van der Waals surface area contributed by atoms with Crippen LogP contribution in [0, 0.1) is 6.92 Å². The van der Waals surface area contributed by atoms with Crippen molar-refractivity contribution in [2.24, 2.45) is 0 Å². The molecular weight excluding hydrogens is 200 g/mol. The molecule has 3 nitrogen and oxygen atoms in total.